The fraction of sp³-hybridized carbons (Fsp3) is 0.167. The molecule has 1 aromatic carbocycles. The molecule has 2 rings (SSSR count). The summed E-state index contributed by atoms with van der Waals surface area (Å²) in [5.41, 5.74) is 1.52. The zero-order valence-corrected chi connectivity index (χ0v) is 11.3. The maximum atomic E-state index is 9.26. The molecular weight excluding hydrogens is 270 g/mol. The molecule has 0 aliphatic rings. The third kappa shape index (κ3) is 3.13. The number of halogens is 1. The summed E-state index contributed by atoms with van der Waals surface area (Å²) in [5, 5.41) is 13.7. The molecule has 0 fully saturated rings. The Labute approximate surface area is 114 Å². The maximum Gasteiger partial charge on any atom is 0.189 e. The van der Waals surface area contributed by atoms with Crippen molar-refractivity contribution in [3.63, 3.8) is 0 Å². The molecule has 0 aliphatic heterocycles. The second-order valence-electron chi connectivity index (χ2n) is 3.52. The Morgan fingerprint density at radius 2 is 2.06 bits per heavy atom. The van der Waals surface area contributed by atoms with Crippen molar-refractivity contribution in [1.82, 2.24) is 9.97 Å². The summed E-state index contributed by atoms with van der Waals surface area (Å²) in [7, 11) is 0. The number of nitrogens with one attached hydrogen (secondary N) is 1. The first kappa shape index (κ1) is 13.1. The molecule has 6 heteroatoms. The summed E-state index contributed by atoms with van der Waals surface area (Å²) in [4.78, 5) is 8.44. The van der Waals surface area contributed by atoms with Gasteiger partial charge in [0.1, 0.15) is 5.82 Å². The van der Waals surface area contributed by atoms with Crippen molar-refractivity contribution >= 4 is 34.9 Å². The summed E-state index contributed by atoms with van der Waals surface area (Å²) in [6.07, 6.45) is 3.52. The minimum absolute atomic E-state index is 0.107. The normalized spacial score (nSPS) is 10.4. The largest absolute Gasteiger partial charge is 0.391 e. The lowest BCUT2D eigenvalue weighted by Gasteiger charge is -2.10. The van der Waals surface area contributed by atoms with Crippen molar-refractivity contribution in [3.8, 4) is 0 Å². The predicted molar refractivity (Wildman–Crippen MR) is 74.5 cm³/mol. The van der Waals surface area contributed by atoms with E-state index in [-0.39, 0.29) is 6.61 Å². The van der Waals surface area contributed by atoms with E-state index in [2.05, 4.69) is 15.3 Å². The van der Waals surface area contributed by atoms with Crippen LogP contribution in [-0.4, -0.2) is 21.3 Å². The molecule has 1 aromatic heterocycles. The highest BCUT2D eigenvalue weighted by Crippen LogP contribution is 2.22. The van der Waals surface area contributed by atoms with E-state index in [0.29, 0.717) is 21.6 Å². The molecule has 2 aromatic rings. The molecule has 0 atom stereocenters. The second kappa shape index (κ2) is 6.04. The molecule has 0 saturated heterocycles. The average molecular weight is 282 g/mol. The first-order chi connectivity index (χ1) is 8.72. The molecule has 0 bridgehead atoms. The molecule has 4 nitrogen and oxygen atoms in total. The first-order valence-corrected chi connectivity index (χ1v) is 6.86. The lowest BCUT2D eigenvalue weighted by Crippen LogP contribution is -2.01. The summed E-state index contributed by atoms with van der Waals surface area (Å²) < 4.78 is 0. The van der Waals surface area contributed by atoms with Crippen LogP contribution >= 0.6 is 23.4 Å². The number of aliphatic hydroxyl groups is 1. The van der Waals surface area contributed by atoms with Gasteiger partial charge in [0.2, 0.25) is 0 Å². The van der Waals surface area contributed by atoms with Crippen molar-refractivity contribution in [1.29, 1.82) is 0 Å². The number of hydrogen-bond donors (Lipinski definition) is 2. The second-order valence-corrected chi connectivity index (χ2v) is 4.73. The first-order valence-electron chi connectivity index (χ1n) is 5.26. The monoisotopic (exact) mass is 281 g/mol. The molecule has 1 heterocycles. The topological polar surface area (TPSA) is 58.0 Å². The molecule has 0 amide bonds. The van der Waals surface area contributed by atoms with E-state index in [0.717, 1.165) is 5.69 Å². The Kier molecular flexibility index (Phi) is 4.41. The van der Waals surface area contributed by atoms with Crippen LogP contribution in [0.25, 0.3) is 0 Å². The van der Waals surface area contributed by atoms with E-state index in [9.17, 15) is 5.11 Å². The summed E-state index contributed by atoms with van der Waals surface area (Å²) >= 11 is 7.27. The molecule has 0 unspecified atom stereocenters. The van der Waals surface area contributed by atoms with Gasteiger partial charge in [-0.25, -0.2) is 9.97 Å². The van der Waals surface area contributed by atoms with E-state index in [1.165, 1.54) is 11.8 Å². The highest BCUT2D eigenvalue weighted by Gasteiger charge is 2.06. The highest BCUT2D eigenvalue weighted by atomic mass is 35.5. The SMILES string of the molecule is CSc1ncc(CO)c(Nc2ccc(Cl)cc2)n1. The molecule has 2 N–H and O–H groups in total. The molecule has 0 saturated carbocycles. The molecule has 94 valence electrons. The van der Waals surface area contributed by atoms with Crippen molar-refractivity contribution in [2.24, 2.45) is 0 Å². The van der Waals surface area contributed by atoms with Crippen LogP contribution in [0.4, 0.5) is 11.5 Å². The number of nitrogens with zero attached hydrogens (tertiary/aromatic N) is 2. The molecule has 0 aliphatic carbocycles. The molecule has 18 heavy (non-hydrogen) atoms. The molecule has 0 spiro atoms. The number of thioether (sulfide) groups is 1. The van der Waals surface area contributed by atoms with E-state index in [4.69, 9.17) is 11.6 Å². The Morgan fingerprint density at radius 3 is 2.67 bits per heavy atom. The van der Waals surface area contributed by atoms with Crippen molar-refractivity contribution in [3.05, 3.63) is 41.0 Å². The van der Waals surface area contributed by atoms with Crippen LogP contribution in [0.5, 0.6) is 0 Å². The molecular formula is C12H12ClN3OS. The van der Waals surface area contributed by atoms with Crippen molar-refractivity contribution < 1.29 is 5.11 Å². The standard InChI is InChI=1S/C12H12ClN3OS/c1-18-12-14-6-8(7-17)11(16-12)15-10-4-2-9(13)3-5-10/h2-6,17H,7H2,1H3,(H,14,15,16). The number of anilines is 2. The van der Waals surface area contributed by atoms with Gasteiger partial charge >= 0.3 is 0 Å². The zero-order chi connectivity index (χ0) is 13.0. The van der Waals surface area contributed by atoms with Gasteiger partial charge in [-0.15, -0.1) is 0 Å². The van der Waals surface area contributed by atoms with Gasteiger partial charge in [0, 0.05) is 22.5 Å². The maximum absolute atomic E-state index is 9.26. The molecule has 0 radical (unpaired) electrons. The Morgan fingerprint density at radius 1 is 1.33 bits per heavy atom. The third-order valence-electron chi connectivity index (χ3n) is 2.30. The number of rotatable bonds is 4. The van der Waals surface area contributed by atoms with Crippen LogP contribution in [0.1, 0.15) is 5.56 Å². The quantitative estimate of drug-likeness (QED) is 0.666. The predicted octanol–water partition coefficient (Wildman–Crippen LogP) is 3.09. The van der Waals surface area contributed by atoms with Gasteiger partial charge in [0.05, 0.1) is 6.61 Å². The van der Waals surface area contributed by atoms with E-state index in [1.54, 1.807) is 18.3 Å². The van der Waals surface area contributed by atoms with Gasteiger partial charge in [0.25, 0.3) is 0 Å². The van der Waals surface area contributed by atoms with Gasteiger partial charge in [0.15, 0.2) is 5.16 Å². The summed E-state index contributed by atoms with van der Waals surface area (Å²) in [6, 6.07) is 7.28. The number of aliphatic hydroxyl groups excluding tert-OH is 1. The summed E-state index contributed by atoms with van der Waals surface area (Å²) in [5.74, 6) is 0.610. The van der Waals surface area contributed by atoms with Crippen molar-refractivity contribution in [2.75, 3.05) is 11.6 Å². The van der Waals surface area contributed by atoms with Gasteiger partial charge in [-0.2, -0.15) is 0 Å². The zero-order valence-electron chi connectivity index (χ0n) is 9.72. The fourth-order valence-electron chi connectivity index (χ4n) is 1.38. The number of aromatic nitrogens is 2. The van der Waals surface area contributed by atoms with Gasteiger partial charge < -0.3 is 10.4 Å². The van der Waals surface area contributed by atoms with Crippen LogP contribution in [0.2, 0.25) is 5.02 Å². The Hall–Kier alpha value is -1.30. The van der Waals surface area contributed by atoms with Crippen LogP contribution in [0.15, 0.2) is 35.6 Å². The highest BCUT2D eigenvalue weighted by molar-refractivity contribution is 7.98. The van der Waals surface area contributed by atoms with E-state index in [1.807, 2.05) is 18.4 Å². The van der Waals surface area contributed by atoms with Crippen LogP contribution in [0, 0.1) is 0 Å². The lowest BCUT2D eigenvalue weighted by molar-refractivity contribution is 0.281. The number of hydrogen-bond acceptors (Lipinski definition) is 5. The third-order valence-corrected chi connectivity index (χ3v) is 3.12. The van der Waals surface area contributed by atoms with Gasteiger partial charge in [-0.1, -0.05) is 23.4 Å². The Bertz CT molecular complexity index is 533. The smallest absolute Gasteiger partial charge is 0.189 e. The van der Waals surface area contributed by atoms with E-state index >= 15 is 0 Å². The lowest BCUT2D eigenvalue weighted by atomic mass is 10.3. The van der Waals surface area contributed by atoms with E-state index < -0.39 is 0 Å². The van der Waals surface area contributed by atoms with Gasteiger partial charge in [-0.05, 0) is 30.5 Å². The van der Waals surface area contributed by atoms with Crippen molar-refractivity contribution in [2.45, 2.75) is 11.8 Å². The van der Waals surface area contributed by atoms with Gasteiger partial charge in [-0.3, -0.25) is 0 Å². The Balaban J connectivity index is 2.29. The number of benzene rings is 1. The van der Waals surface area contributed by atoms with Crippen LogP contribution in [0.3, 0.4) is 0 Å². The summed E-state index contributed by atoms with van der Waals surface area (Å²) in [6.45, 7) is -0.107. The minimum atomic E-state index is -0.107. The minimum Gasteiger partial charge on any atom is -0.391 e. The fourth-order valence-corrected chi connectivity index (χ4v) is 1.85. The van der Waals surface area contributed by atoms with Crippen LogP contribution < -0.4 is 5.32 Å². The van der Waals surface area contributed by atoms with Crippen LogP contribution in [-0.2, 0) is 6.61 Å². The average Bonchev–Trinajstić information content (AvgIpc) is 2.41.